The van der Waals surface area contributed by atoms with E-state index in [1.54, 1.807) is 18.3 Å². The lowest BCUT2D eigenvalue weighted by molar-refractivity contribution is 0.102. The summed E-state index contributed by atoms with van der Waals surface area (Å²) in [6.45, 7) is 0.909. The third-order valence-electron chi connectivity index (χ3n) is 4.80. The van der Waals surface area contributed by atoms with Gasteiger partial charge < -0.3 is 15.1 Å². The highest BCUT2D eigenvalue weighted by atomic mass is 16.1. The van der Waals surface area contributed by atoms with Gasteiger partial charge in [0.2, 0.25) is 0 Å². The maximum atomic E-state index is 12.8. The summed E-state index contributed by atoms with van der Waals surface area (Å²) in [5, 5.41) is 3.07. The molecule has 0 saturated heterocycles. The number of hydrogen-bond donors (Lipinski definition) is 1. The van der Waals surface area contributed by atoms with E-state index in [1.807, 2.05) is 37.2 Å². The zero-order chi connectivity index (χ0) is 18.8. The summed E-state index contributed by atoms with van der Waals surface area (Å²) < 4.78 is 0. The van der Waals surface area contributed by atoms with Crippen LogP contribution in [-0.4, -0.2) is 31.5 Å². The van der Waals surface area contributed by atoms with Gasteiger partial charge in [-0.15, -0.1) is 0 Å². The van der Waals surface area contributed by atoms with Crippen LogP contribution in [0.5, 0.6) is 0 Å². The maximum Gasteiger partial charge on any atom is 0.255 e. The molecule has 5 heteroatoms. The first kappa shape index (κ1) is 17.1. The number of benzene rings is 2. The second-order valence-electron chi connectivity index (χ2n) is 6.80. The van der Waals surface area contributed by atoms with E-state index in [2.05, 4.69) is 45.5 Å². The van der Waals surface area contributed by atoms with Crippen molar-refractivity contribution in [2.75, 3.05) is 35.8 Å². The van der Waals surface area contributed by atoms with Crippen LogP contribution >= 0.6 is 0 Å². The summed E-state index contributed by atoms with van der Waals surface area (Å²) in [4.78, 5) is 21.2. The molecule has 0 radical (unpaired) electrons. The fourth-order valence-corrected chi connectivity index (χ4v) is 3.40. The van der Waals surface area contributed by atoms with Crippen molar-refractivity contribution in [3.8, 4) is 0 Å². The van der Waals surface area contributed by atoms with Crippen LogP contribution in [0.4, 0.5) is 22.9 Å². The molecule has 1 amide bonds. The summed E-state index contributed by atoms with van der Waals surface area (Å²) in [5.74, 6) is 0.616. The van der Waals surface area contributed by atoms with Crippen LogP contribution in [0.3, 0.4) is 0 Å². The number of rotatable bonds is 4. The number of para-hydroxylation sites is 3. The van der Waals surface area contributed by atoms with Crippen molar-refractivity contribution in [3.63, 3.8) is 0 Å². The Kier molecular flexibility index (Phi) is 4.50. The minimum atomic E-state index is -0.138. The van der Waals surface area contributed by atoms with E-state index < -0.39 is 0 Å². The Morgan fingerprint density at radius 1 is 1.04 bits per heavy atom. The van der Waals surface area contributed by atoms with E-state index in [-0.39, 0.29) is 5.91 Å². The number of nitrogens with one attached hydrogen (secondary N) is 1. The van der Waals surface area contributed by atoms with Gasteiger partial charge >= 0.3 is 0 Å². The van der Waals surface area contributed by atoms with Crippen LogP contribution < -0.4 is 15.1 Å². The number of carbonyl (C=O) groups excluding carboxylic acids is 1. The number of anilines is 4. The van der Waals surface area contributed by atoms with Crippen molar-refractivity contribution in [2.24, 2.45) is 0 Å². The molecule has 3 aromatic rings. The number of pyridine rings is 1. The number of aromatic nitrogens is 1. The molecule has 0 fully saturated rings. The summed E-state index contributed by atoms with van der Waals surface area (Å²) in [6, 6.07) is 19.9. The van der Waals surface area contributed by atoms with Crippen molar-refractivity contribution in [3.05, 3.63) is 78.0 Å². The molecule has 1 N–H and O–H groups in total. The van der Waals surface area contributed by atoms with Gasteiger partial charge in [-0.1, -0.05) is 30.3 Å². The molecule has 0 spiro atoms. The van der Waals surface area contributed by atoms with Gasteiger partial charge in [0, 0.05) is 38.1 Å². The molecule has 0 aliphatic carbocycles. The lowest BCUT2D eigenvalue weighted by Gasteiger charge is -2.23. The minimum Gasteiger partial charge on any atom is -0.363 e. The molecule has 5 nitrogen and oxygen atoms in total. The minimum absolute atomic E-state index is 0.138. The topological polar surface area (TPSA) is 48.5 Å². The van der Waals surface area contributed by atoms with E-state index in [0.29, 0.717) is 5.56 Å². The normalized spacial score (nSPS) is 12.6. The standard InChI is InChI=1S/C22H22N4O/c1-25(2)21-15-17(11-13-23-21)22(27)24-18-8-4-6-10-20(18)26-14-12-16-7-3-5-9-19(16)26/h3-11,13,15H,12,14H2,1-2H3,(H,24,27). The van der Waals surface area contributed by atoms with Gasteiger partial charge in [0.05, 0.1) is 11.4 Å². The Labute approximate surface area is 159 Å². The molecule has 2 heterocycles. The van der Waals surface area contributed by atoms with E-state index in [4.69, 9.17) is 0 Å². The van der Waals surface area contributed by atoms with Gasteiger partial charge in [-0.25, -0.2) is 4.98 Å². The second kappa shape index (κ2) is 7.11. The van der Waals surface area contributed by atoms with Gasteiger partial charge in [-0.05, 0) is 42.3 Å². The summed E-state index contributed by atoms with van der Waals surface area (Å²) in [7, 11) is 3.81. The van der Waals surface area contributed by atoms with E-state index in [9.17, 15) is 4.79 Å². The highest BCUT2D eigenvalue weighted by Gasteiger charge is 2.22. The van der Waals surface area contributed by atoms with Gasteiger partial charge in [0.1, 0.15) is 5.82 Å². The van der Waals surface area contributed by atoms with Gasteiger partial charge in [-0.3, -0.25) is 4.79 Å². The lowest BCUT2D eigenvalue weighted by atomic mass is 10.1. The molecule has 1 aliphatic rings. The highest BCUT2D eigenvalue weighted by Crippen LogP contribution is 2.38. The zero-order valence-electron chi connectivity index (χ0n) is 15.5. The van der Waals surface area contributed by atoms with Crippen LogP contribution in [0.15, 0.2) is 66.9 Å². The van der Waals surface area contributed by atoms with Gasteiger partial charge in [0.25, 0.3) is 5.91 Å². The molecule has 136 valence electrons. The molecule has 27 heavy (non-hydrogen) atoms. The second-order valence-corrected chi connectivity index (χ2v) is 6.80. The Balaban J connectivity index is 1.63. The molecule has 0 unspecified atom stereocenters. The average Bonchev–Trinajstić information content (AvgIpc) is 3.12. The zero-order valence-corrected chi connectivity index (χ0v) is 15.5. The number of fused-ring (bicyclic) bond motifs is 1. The smallest absolute Gasteiger partial charge is 0.255 e. The van der Waals surface area contributed by atoms with Crippen molar-refractivity contribution >= 4 is 28.8 Å². The maximum absolute atomic E-state index is 12.8. The quantitative estimate of drug-likeness (QED) is 0.763. The number of hydrogen-bond acceptors (Lipinski definition) is 4. The summed E-state index contributed by atoms with van der Waals surface area (Å²) >= 11 is 0. The number of amides is 1. The van der Waals surface area contributed by atoms with Gasteiger partial charge in [-0.2, -0.15) is 0 Å². The van der Waals surface area contributed by atoms with Crippen molar-refractivity contribution in [1.29, 1.82) is 0 Å². The van der Waals surface area contributed by atoms with Crippen LogP contribution in [0.2, 0.25) is 0 Å². The van der Waals surface area contributed by atoms with E-state index in [0.717, 1.165) is 30.2 Å². The molecule has 0 saturated carbocycles. The molecule has 0 atom stereocenters. The summed E-state index contributed by atoms with van der Waals surface area (Å²) in [6.07, 6.45) is 2.67. The fourth-order valence-electron chi connectivity index (χ4n) is 3.40. The fraction of sp³-hybridized carbons (Fsp3) is 0.182. The first-order valence-electron chi connectivity index (χ1n) is 9.03. The Bertz CT molecular complexity index is 983. The van der Waals surface area contributed by atoms with Gasteiger partial charge in [0.15, 0.2) is 0 Å². The van der Waals surface area contributed by atoms with Crippen LogP contribution in [0.25, 0.3) is 0 Å². The summed E-state index contributed by atoms with van der Waals surface area (Å²) in [5.41, 5.74) is 4.95. The monoisotopic (exact) mass is 358 g/mol. The van der Waals surface area contributed by atoms with Crippen LogP contribution in [-0.2, 0) is 6.42 Å². The average molecular weight is 358 g/mol. The van der Waals surface area contributed by atoms with Crippen molar-refractivity contribution < 1.29 is 4.79 Å². The van der Waals surface area contributed by atoms with Crippen LogP contribution in [0.1, 0.15) is 15.9 Å². The Morgan fingerprint density at radius 3 is 2.59 bits per heavy atom. The molecule has 1 aromatic heterocycles. The molecule has 2 aromatic carbocycles. The predicted octanol–water partition coefficient (Wildman–Crippen LogP) is 4.09. The molecule has 0 bridgehead atoms. The van der Waals surface area contributed by atoms with Crippen LogP contribution in [0, 0.1) is 0 Å². The third kappa shape index (κ3) is 3.36. The number of nitrogens with zero attached hydrogens (tertiary/aromatic N) is 3. The van der Waals surface area contributed by atoms with Crippen molar-refractivity contribution in [2.45, 2.75) is 6.42 Å². The Morgan fingerprint density at radius 2 is 1.78 bits per heavy atom. The SMILES string of the molecule is CN(C)c1cc(C(=O)Nc2ccccc2N2CCc3ccccc32)ccn1. The van der Waals surface area contributed by atoms with E-state index in [1.165, 1.54) is 11.3 Å². The number of carbonyl (C=O) groups is 1. The Hall–Kier alpha value is -3.34. The first-order valence-corrected chi connectivity index (χ1v) is 9.03. The predicted molar refractivity (Wildman–Crippen MR) is 110 cm³/mol. The highest BCUT2D eigenvalue weighted by molar-refractivity contribution is 6.06. The first-order chi connectivity index (χ1) is 13.1. The van der Waals surface area contributed by atoms with E-state index >= 15 is 0 Å². The molecular weight excluding hydrogens is 336 g/mol. The molecule has 4 rings (SSSR count). The molecular formula is C22H22N4O. The molecule has 1 aliphatic heterocycles. The largest absolute Gasteiger partial charge is 0.363 e. The third-order valence-corrected chi connectivity index (χ3v) is 4.80. The lowest BCUT2D eigenvalue weighted by Crippen LogP contribution is -2.19. The van der Waals surface area contributed by atoms with Crippen molar-refractivity contribution in [1.82, 2.24) is 4.98 Å².